The van der Waals surface area contributed by atoms with Crippen LogP contribution in [0.2, 0.25) is 0 Å². The fraction of sp³-hybridized carbons (Fsp3) is 0. The maximum absolute atomic E-state index is 6.53. The molecule has 10 rings (SSSR count). The summed E-state index contributed by atoms with van der Waals surface area (Å²) < 4.78 is 6.53. The van der Waals surface area contributed by atoms with E-state index in [1.54, 1.807) is 0 Å². The molecule has 0 fully saturated rings. The first-order valence-electron chi connectivity index (χ1n) is 16.2. The lowest BCUT2D eigenvalue weighted by atomic mass is 9.82. The molecule has 1 nitrogen and oxygen atoms in total. The molecule has 0 N–H and O–H groups in total. The van der Waals surface area contributed by atoms with Crippen LogP contribution in [0, 0.1) is 0 Å². The van der Waals surface area contributed by atoms with Crippen LogP contribution in [0.1, 0.15) is 0 Å². The Balaban J connectivity index is 1.44. The fourth-order valence-corrected chi connectivity index (χ4v) is 7.82. The molecule has 0 radical (unpaired) electrons. The second-order valence-corrected chi connectivity index (χ2v) is 12.4. The van der Waals surface area contributed by atoms with E-state index in [-0.39, 0.29) is 0 Å². The Kier molecular flexibility index (Phi) is 5.64. The molecule has 0 spiro atoms. The summed E-state index contributed by atoms with van der Waals surface area (Å²) in [6.45, 7) is 0. The predicted molar refractivity (Wildman–Crippen MR) is 200 cm³/mol. The van der Waals surface area contributed by atoms with Gasteiger partial charge in [0, 0.05) is 16.2 Å². The zero-order valence-electron chi connectivity index (χ0n) is 25.6. The molecule has 10 aromatic rings. The van der Waals surface area contributed by atoms with Crippen molar-refractivity contribution in [3.05, 3.63) is 170 Å². The average Bonchev–Trinajstić information content (AvgIpc) is 3.53. The zero-order chi connectivity index (χ0) is 30.9. The summed E-state index contributed by atoms with van der Waals surface area (Å²) in [4.78, 5) is 0. The minimum atomic E-state index is 0.906. The molecule has 0 aliphatic carbocycles. The second kappa shape index (κ2) is 10.2. The highest BCUT2D eigenvalue weighted by Crippen LogP contribution is 2.50. The molecule has 0 aliphatic heterocycles. The van der Waals surface area contributed by atoms with E-state index in [4.69, 9.17) is 4.42 Å². The van der Waals surface area contributed by atoms with Crippen LogP contribution in [0.15, 0.2) is 174 Å². The Hall–Kier alpha value is -6.18. The largest absolute Gasteiger partial charge is 0.456 e. The summed E-state index contributed by atoms with van der Waals surface area (Å²) >= 11 is 0. The van der Waals surface area contributed by atoms with Gasteiger partial charge in [-0.25, -0.2) is 0 Å². The first-order valence-corrected chi connectivity index (χ1v) is 16.2. The quantitative estimate of drug-likeness (QED) is 0.146. The number of hydrogen-bond donors (Lipinski definition) is 0. The molecule has 0 atom stereocenters. The molecule has 47 heavy (non-hydrogen) atoms. The van der Waals surface area contributed by atoms with Gasteiger partial charge in [0.2, 0.25) is 0 Å². The van der Waals surface area contributed by atoms with E-state index < -0.39 is 0 Å². The Morgan fingerprint density at radius 3 is 1.74 bits per heavy atom. The summed E-state index contributed by atoms with van der Waals surface area (Å²) in [6, 6.07) is 61.5. The van der Waals surface area contributed by atoms with Crippen LogP contribution in [0.25, 0.3) is 98.4 Å². The highest BCUT2D eigenvalue weighted by molar-refractivity contribution is 6.33. The van der Waals surface area contributed by atoms with Crippen molar-refractivity contribution in [2.75, 3.05) is 0 Å². The number of furan rings is 1. The Bertz CT molecular complexity index is 2840. The van der Waals surface area contributed by atoms with Crippen molar-refractivity contribution in [3.63, 3.8) is 0 Å². The van der Waals surface area contributed by atoms with Crippen molar-refractivity contribution in [3.8, 4) is 33.4 Å². The zero-order valence-corrected chi connectivity index (χ0v) is 25.6. The highest BCUT2D eigenvalue weighted by atomic mass is 16.3. The number of fused-ring (bicyclic) bond motifs is 9. The Labute approximate surface area is 271 Å². The summed E-state index contributed by atoms with van der Waals surface area (Å²) in [5.74, 6) is 0. The van der Waals surface area contributed by atoms with Crippen LogP contribution < -0.4 is 0 Å². The molecular weight excluding hydrogens is 569 g/mol. The van der Waals surface area contributed by atoms with Crippen LogP contribution >= 0.6 is 0 Å². The van der Waals surface area contributed by atoms with E-state index in [0.717, 1.165) is 21.9 Å². The van der Waals surface area contributed by atoms with Gasteiger partial charge in [-0.2, -0.15) is 0 Å². The van der Waals surface area contributed by atoms with Gasteiger partial charge in [0.25, 0.3) is 0 Å². The minimum Gasteiger partial charge on any atom is -0.456 e. The van der Waals surface area contributed by atoms with Gasteiger partial charge in [-0.05, 0) is 101 Å². The van der Waals surface area contributed by atoms with Crippen molar-refractivity contribution < 1.29 is 4.42 Å². The van der Waals surface area contributed by atoms with E-state index in [0.29, 0.717) is 0 Å². The van der Waals surface area contributed by atoms with Gasteiger partial charge >= 0.3 is 0 Å². The third-order valence-electron chi connectivity index (χ3n) is 9.82. The van der Waals surface area contributed by atoms with Crippen molar-refractivity contribution in [2.45, 2.75) is 0 Å². The third-order valence-corrected chi connectivity index (χ3v) is 9.82. The van der Waals surface area contributed by atoms with Gasteiger partial charge in [-0.15, -0.1) is 0 Å². The van der Waals surface area contributed by atoms with Crippen molar-refractivity contribution in [2.24, 2.45) is 0 Å². The maximum atomic E-state index is 6.53. The van der Waals surface area contributed by atoms with Crippen molar-refractivity contribution in [1.82, 2.24) is 0 Å². The number of benzene rings is 9. The molecule has 1 aromatic heterocycles. The second-order valence-electron chi connectivity index (χ2n) is 12.4. The standard InChI is InChI=1S/C46H28O/c1-2-13-29(14-3-1)30-16-12-17-32(27-30)43-36-21-8-9-22-37(36)44(39-25-26-42-45(46(39)43)38-23-10-11-24-41(38)47-42)40-28-31-15-4-5-18-33(31)34-19-6-7-20-35(34)40/h1-28H. The summed E-state index contributed by atoms with van der Waals surface area (Å²) in [5.41, 5.74) is 9.16. The van der Waals surface area contributed by atoms with Gasteiger partial charge < -0.3 is 4.42 Å². The lowest BCUT2D eigenvalue weighted by Gasteiger charge is -2.20. The first-order chi connectivity index (χ1) is 23.3. The van der Waals surface area contributed by atoms with Crippen LogP contribution in [0.4, 0.5) is 0 Å². The molecule has 0 unspecified atom stereocenters. The molecule has 0 amide bonds. The minimum absolute atomic E-state index is 0.906. The SMILES string of the molecule is c1ccc(-c2cccc(-c3c4ccccc4c(-c4cc5ccccc5c5ccccc45)c4ccc5oc6ccccc6c5c34)c2)cc1. The van der Waals surface area contributed by atoms with Gasteiger partial charge in [0.1, 0.15) is 11.2 Å². The van der Waals surface area contributed by atoms with Crippen LogP contribution in [-0.4, -0.2) is 0 Å². The summed E-state index contributed by atoms with van der Waals surface area (Å²) in [5, 5.41) is 12.3. The monoisotopic (exact) mass is 596 g/mol. The van der Waals surface area contributed by atoms with E-state index in [1.807, 2.05) is 0 Å². The van der Waals surface area contributed by atoms with Gasteiger partial charge in [0.15, 0.2) is 0 Å². The third kappa shape index (κ3) is 3.90. The van der Waals surface area contributed by atoms with Crippen molar-refractivity contribution >= 4 is 65.0 Å². The van der Waals surface area contributed by atoms with E-state index in [2.05, 4.69) is 170 Å². The van der Waals surface area contributed by atoms with E-state index in [9.17, 15) is 0 Å². The molecule has 0 saturated carbocycles. The number of rotatable bonds is 3. The summed E-state index contributed by atoms with van der Waals surface area (Å²) in [7, 11) is 0. The smallest absolute Gasteiger partial charge is 0.136 e. The molecule has 218 valence electrons. The van der Waals surface area contributed by atoms with E-state index in [1.165, 1.54) is 76.5 Å². The molecule has 1 heterocycles. The molecule has 1 heteroatoms. The lowest BCUT2D eigenvalue weighted by molar-refractivity contribution is 0.669. The van der Waals surface area contributed by atoms with Gasteiger partial charge in [0.05, 0.1) is 0 Å². The van der Waals surface area contributed by atoms with Crippen LogP contribution in [-0.2, 0) is 0 Å². The average molecular weight is 597 g/mol. The maximum Gasteiger partial charge on any atom is 0.136 e. The first kappa shape index (κ1) is 26.1. The van der Waals surface area contributed by atoms with Crippen molar-refractivity contribution in [1.29, 1.82) is 0 Å². The molecule has 0 saturated heterocycles. The van der Waals surface area contributed by atoms with Crippen LogP contribution in [0.5, 0.6) is 0 Å². The predicted octanol–water partition coefficient (Wildman–Crippen LogP) is 13.2. The van der Waals surface area contributed by atoms with E-state index >= 15 is 0 Å². The van der Waals surface area contributed by atoms with Gasteiger partial charge in [-0.1, -0.05) is 140 Å². The summed E-state index contributed by atoms with van der Waals surface area (Å²) in [6.07, 6.45) is 0. The fourth-order valence-electron chi connectivity index (χ4n) is 7.82. The number of para-hydroxylation sites is 1. The molecular formula is C46H28O. The molecule has 0 bridgehead atoms. The molecule has 0 aliphatic rings. The number of hydrogen-bond acceptors (Lipinski definition) is 1. The topological polar surface area (TPSA) is 13.1 Å². The lowest BCUT2D eigenvalue weighted by Crippen LogP contribution is -1.93. The Morgan fingerprint density at radius 2 is 0.915 bits per heavy atom. The van der Waals surface area contributed by atoms with Crippen LogP contribution in [0.3, 0.4) is 0 Å². The molecule has 9 aromatic carbocycles. The Morgan fingerprint density at radius 1 is 0.298 bits per heavy atom. The highest BCUT2D eigenvalue weighted by Gasteiger charge is 2.23. The van der Waals surface area contributed by atoms with Gasteiger partial charge in [-0.3, -0.25) is 0 Å². The normalized spacial score (nSPS) is 11.8.